The third-order valence-corrected chi connectivity index (χ3v) is 4.99. The maximum absolute atomic E-state index is 12.6. The van der Waals surface area contributed by atoms with Crippen LogP contribution >= 0.6 is 0 Å². The number of hydrogen-bond acceptors (Lipinski definition) is 6. The number of hydrogen-bond donors (Lipinski definition) is 0. The van der Waals surface area contributed by atoms with E-state index in [1.807, 2.05) is 48.2 Å². The average molecular weight is 399 g/mol. The van der Waals surface area contributed by atoms with Gasteiger partial charge in [0.2, 0.25) is 0 Å². The van der Waals surface area contributed by atoms with E-state index in [-0.39, 0.29) is 18.6 Å². The van der Waals surface area contributed by atoms with Gasteiger partial charge in [-0.15, -0.1) is 0 Å². The molecule has 156 valence electrons. The normalized spacial score (nSPS) is 16.6. The van der Waals surface area contributed by atoms with Crippen LogP contribution in [-0.2, 0) is 4.79 Å². The van der Waals surface area contributed by atoms with Crippen LogP contribution in [0.4, 0.5) is 5.82 Å². The van der Waals surface area contributed by atoms with Gasteiger partial charge < -0.3 is 19.3 Å². The summed E-state index contributed by atoms with van der Waals surface area (Å²) >= 11 is 0. The molecule has 1 saturated heterocycles. The van der Waals surface area contributed by atoms with Gasteiger partial charge in [-0.2, -0.15) is 0 Å². The van der Waals surface area contributed by atoms with Crippen LogP contribution in [0.15, 0.2) is 36.7 Å². The minimum absolute atomic E-state index is 0.0294. The standard InChI is InChI=1S/C22H30N4O3/c1-16(2)17-7-9-18(10-8-17)28-15-20(27)26-13-5-6-19(14-26)29-22-21(25(3)4)23-11-12-24-22/h7-12,16,19H,5-6,13-15H2,1-4H3. The van der Waals surface area contributed by atoms with Crippen LogP contribution in [0.1, 0.15) is 38.2 Å². The molecule has 1 aliphatic heterocycles. The molecular formula is C22H30N4O3. The summed E-state index contributed by atoms with van der Waals surface area (Å²) in [6.07, 6.45) is 4.92. The predicted octanol–water partition coefficient (Wildman–Crippen LogP) is 3.11. The number of ether oxygens (including phenoxy) is 2. The fourth-order valence-electron chi connectivity index (χ4n) is 3.31. The lowest BCUT2D eigenvalue weighted by atomic mass is 10.0. The van der Waals surface area contributed by atoms with Crippen molar-refractivity contribution in [2.75, 3.05) is 38.7 Å². The lowest BCUT2D eigenvalue weighted by Gasteiger charge is -2.33. The summed E-state index contributed by atoms with van der Waals surface area (Å²) in [6.45, 7) is 5.57. The molecule has 1 atom stereocenters. The zero-order valence-corrected chi connectivity index (χ0v) is 17.7. The van der Waals surface area contributed by atoms with Gasteiger partial charge in [0.15, 0.2) is 12.4 Å². The number of rotatable bonds is 7. The molecule has 0 bridgehead atoms. The van der Waals surface area contributed by atoms with Crippen molar-refractivity contribution in [3.05, 3.63) is 42.2 Å². The van der Waals surface area contributed by atoms with Crippen molar-refractivity contribution >= 4 is 11.7 Å². The first-order valence-electron chi connectivity index (χ1n) is 10.1. The molecule has 0 aliphatic carbocycles. The molecule has 0 spiro atoms. The van der Waals surface area contributed by atoms with Gasteiger partial charge in [0.25, 0.3) is 11.8 Å². The zero-order valence-electron chi connectivity index (χ0n) is 17.7. The van der Waals surface area contributed by atoms with Gasteiger partial charge in [-0.3, -0.25) is 4.79 Å². The fourth-order valence-corrected chi connectivity index (χ4v) is 3.31. The topological polar surface area (TPSA) is 67.8 Å². The van der Waals surface area contributed by atoms with Gasteiger partial charge in [0, 0.05) is 33.0 Å². The largest absolute Gasteiger partial charge is 0.484 e. The van der Waals surface area contributed by atoms with Gasteiger partial charge in [-0.05, 0) is 36.5 Å². The van der Waals surface area contributed by atoms with Crippen LogP contribution in [0.25, 0.3) is 0 Å². The molecule has 0 N–H and O–H groups in total. The number of piperidine rings is 1. The Hall–Kier alpha value is -2.83. The molecule has 7 nitrogen and oxygen atoms in total. The molecule has 1 fully saturated rings. The minimum atomic E-state index is -0.103. The molecule has 7 heteroatoms. The highest BCUT2D eigenvalue weighted by Crippen LogP contribution is 2.24. The minimum Gasteiger partial charge on any atom is -0.484 e. The average Bonchev–Trinajstić information content (AvgIpc) is 2.72. The van der Waals surface area contributed by atoms with Gasteiger partial charge in [0.1, 0.15) is 11.9 Å². The van der Waals surface area contributed by atoms with Crippen LogP contribution in [0.2, 0.25) is 0 Å². The van der Waals surface area contributed by atoms with Gasteiger partial charge in [-0.1, -0.05) is 26.0 Å². The lowest BCUT2D eigenvalue weighted by Crippen LogP contribution is -2.46. The van der Waals surface area contributed by atoms with Crippen molar-refractivity contribution in [1.29, 1.82) is 0 Å². The van der Waals surface area contributed by atoms with Crippen molar-refractivity contribution < 1.29 is 14.3 Å². The Morgan fingerprint density at radius 1 is 1.21 bits per heavy atom. The van der Waals surface area contributed by atoms with Gasteiger partial charge in [-0.25, -0.2) is 9.97 Å². The molecular weight excluding hydrogens is 368 g/mol. The number of aromatic nitrogens is 2. The first-order valence-corrected chi connectivity index (χ1v) is 10.1. The second-order valence-electron chi connectivity index (χ2n) is 7.81. The van der Waals surface area contributed by atoms with Crippen LogP contribution in [-0.4, -0.2) is 60.7 Å². The molecule has 29 heavy (non-hydrogen) atoms. The van der Waals surface area contributed by atoms with Crippen molar-refractivity contribution in [3.63, 3.8) is 0 Å². The Balaban J connectivity index is 1.54. The first-order chi connectivity index (χ1) is 13.9. The van der Waals surface area contributed by atoms with E-state index in [9.17, 15) is 4.79 Å². The summed E-state index contributed by atoms with van der Waals surface area (Å²) in [5, 5.41) is 0. The van der Waals surface area contributed by atoms with E-state index in [1.54, 1.807) is 12.4 Å². The zero-order chi connectivity index (χ0) is 20.8. The van der Waals surface area contributed by atoms with E-state index in [2.05, 4.69) is 23.8 Å². The molecule has 0 radical (unpaired) electrons. The molecule has 2 heterocycles. The van der Waals surface area contributed by atoms with Crippen molar-refractivity contribution in [2.45, 2.75) is 38.7 Å². The smallest absolute Gasteiger partial charge is 0.260 e. The van der Waals surface area contributed by atoms with Crippen LogP contribution in [0.3, 0.4) is 0 Å². The highest BCUT2D eigenvalue weighted by molar-refractivity contribution is 5.78. The number of nitrogens with zero attached hydrogens (tertiary/aromatic N) is 4. The third kappa shape index (κ3) is 5.59. The number of benzene rings is 1. The van der Waals surface area contributed by atoms with Crippen molar-refractivity contribution in [3.8, 4) is 11.6 Å². The second kappa shape index (κ2) is 9.58. The Kier molecular flexibility index (Phi) is 6.90. The monoisotopic (exact) mass is 398 g/mol. The molecule has 2 aromatic rings. The number of amides is 1. The van der Waals surface area contributed by atoms with E-state index in [4.69, 9.17) is 9.47 Å². The SMILES string of the molecule is CC(C)c1ccc(OCC(=O)N2CCCC(Oc3nccnc3N(C)C)C2)cc1. The summed E-state index contributed by atoms with van der Waals surface area (Å²) in [5.41, 5.74) is 1.25. The summed E-state index contributed by atoms with van der Waals surface area (Å²) in [7, 11) is 3.80. The molecule has 1 aromatic heterocycles. The molecule has 1 amide bonds. The highest BCUT2D eigenvalue weighted by atomic mass is 16.5. The molecule has 1 unspecified atom stereocenters. The van der Waals surface area contributed by atoms with E-state index in [0.717, 1.165) is 19.4 Å². The highest BCUT2D eigenvalue weighted by Gasteiger charge is 2.26. The van der Waals surface area contributed by atoms with E-state index < -0.39 is 0 Å². The number of carbonyl (C=O) groups is 1. The number of likely N-dealkylation sites (tertiary alicyclic amines) is 1. The van der Waals surface area contributed by atoms with E-state index in [1.165, 1.54) is 5.56 Å². The lowest BCUT2D eigenvalue weighted by molar-refractivity contribution is -0.136. The van der Waals surface area contributed by atoms with E-state index in [0.29, 0.717) is 29.9 Å². The Bertz CT molecular complexity index is 808. The fraction of sp³-hybridized carbons (Fsp3) is 0.500. The summed E-state index contributed by atoms with van der Waals surface area (Å²) < 4.78 is 11.8. The number of carbonyl (C=O) groups excluding carboxylic acids is 1. The first kappa shape index (κ1) is 20.9. The van der Waals surface area contributed by atoms with Gasteiger partial charge in [0.05, 0.1) is 6.54 Å². The van der Waals surface area contributed by atoms with Crippen LogP contribution in [0.5, 0.6) is 11.6 Å². The van der Waals surface area contributed by atoms with Crippen LogP contribution < -0.4 is 14.4 Å². The molecule has 1 aliphatic rings. The van der Waals surface area contributed by atoms with Crippen molar-refractivity contribution in [1.82, 2.24) is 14.9 Å². The Labute approximate surface area is 172 Å². The molecule has 0 saturated carbocycles. The van der Waals surface area contributed by atoms with Crippen molar-refractivity contribution in [2.24, 2.45) is 0 Å². The Morgan fingerprint density at radius 2 is 1.93 bits per heavy atom. The third-order valence-electron chi connectivity index (χ3n) is 4.99. The summed E-state index contributed by atoms with van der Waals surface area (Å²) in [5.74, 6) is 2.33. The predicted molar refractivity (Wildman–Crippen MR) is 113 cm³/mol. The summed E-state index contributed by atoms with van der Waals surface area (Å²) in [6, 6.07) is 7.92. The van der Waals surface area contributed by atoms with E-state index >= 15 is 0 Å². The molecule has 1 aromatic carbocycles. The summed E-state index contributed by atoms with van der Waals surface area (Å²) in [4.78, 5) is 24.9. The molecule has 3 rings (SSSR count). The number of anilines is 1. The van der Waals surface area contributed by atoms with Crippen LogP contribution in [0, 0.1) is 0 Å². The quantitative estimate of drug-likeness (QED) is 0.714. The van der Waals surface area contributed by atoms with Gasteiger partial charge >= 0.3 is 0 Å². The maximum atomic E-state index is 12.6. The second-order valence-corrected chi connectivity index (χ2v) is 7.81. The maximum Gasteiger partial charge on any atom is 0.260 e. The Morgan fingerprint density at radius 3 is 2.62 bits per heavy atom.